The smallest absolute Gasteiger partial charge is 0.0270 e. The molecular weight excluding hydrogens is 222 g/mol. The third kappa shape index (κ3) is 6.72. The Morgan fingerprint density at radius 3 is 2.44 bits per heavy atom. The Balaban J connectivity index is 2.14. The van der Waals surface area contributed by atoms with Gasteiger partial charge in [-0.25, -0.2) is 0 Å². The second-order valence-corrected chi connectivity index (χ2v) is 4.98. The Morgan fingerprint density at radius 2 is 1.78 bits per heavy atom. The molecule has 0 aromatic carbocycles. The summed E-state index contributed by atoms with van der Waals surface area (Å²) in [6.07, 6.45) is 13.9. The molecule has 1 heterocycles. The van der Waals surface area contributed by atoms with Crippen LogP contribution in [0.15, 0.2) is 24.5 Å². The molecule has 0 aliphatic carbocycles. The maximum absolute atomic E-state index is 5.62. The third-order valence-electron chi connectivity index (χ3n) is 3.37. The molecule has 0 aliphatic heterocycles. The number of nitrogens with two attached hydrogens (primary N) is 1. The molecule has 1 rings (SSSR count). The van der Waals surface area contributed by atoms with Crippen LogP contribution in [0, 0.1) is 0 Å². The Morgan fingerprint density at radius 1 is 1.11 bits per heavy atom. The summed E-state index contributed by atoms with van der Waals surface area (Å²) in [6, 6.07) is 4.51. The van der Waals surface area contributed by atoms with Gasteiger partial charge >= 0.3 is 0 Å². The zero-order valence-electron chi connectivity index (χ0n) is 11.6. The van der Waals surface area contributed by atoms with E-state index in [1.54, 1.807) is 0 Å². The van der Waals surface area contributed by atoms with Gasteiger partial charge < -0.3 is 0 Å². The number of hydrogen-bond acceptors (Lipinski definition) is 3. The van der Waals surface area contributed by atoms with Crippen LogP contribution in [0.4, 0.5) is 0 Å². The Labute approximate surface area is 111 Å². The number of hydrazine groups is 1. The first-order valence-corrected chi connectivity index (χ1v) is 7.21. The Kier molecular flexibility index (Phi) is 8.43. The molecule has 1 aromatic rings. The van der Waals surface area contributed by atoms with Gasteiger partial charge in [0.2, 0.25) is 0 Å². The van der Waals surface area contributed by atoms with Crippen molar-refractivity contribution in [3.8, 4) is 0 Å². The van der Waals surface area contributed by atoms with Gasteiger partial charge in [0.15, 0.2) is 0 Å². The van der Waals surface area contributed by atoms with E-state index in [1.807, 2.05) is 12.4 Å². The molecule has 102 valence electrons. The highest BCUT2D eigenvalue weighted by Gasteiger charge is 2.07. The van der Waals surface area contributed by atoms with Crippen molar-refractivity contribution < 1.29 is 0 Å². The molecule has 1 atom stereocenters. The summed E-state index contributed by atoms with van der Waals surface area (Å²) < 4.78 is 0. The highest BCUT2D eigenvalue weighted by atomic mass is 15.2. The van der Waals surface area contributed by atoms with Gasteiger partial charge in [-0.05, 0) is 30.5 Å². The van der Waals surface area contributed by atoms with Crippen LogP contribution in [0.3, 0.4) is 0 Å². The highest BCUT2D eigenvalue weighted by Crippen LogP contribution is 2.11. The van der Waals surface area contributed by atoms with E-state index >= 15 is 0 Å². The number of aromatic nitrogens is 1. The van der Waals surface area contributed by atoms with Gasteiger partial charge in [0, 0.05) is 18.4 Å². The van der Waals surface area contributed by atoms with Crippen LogP contribution >= 0.6 is 0 Å². The van der Waals surface area contributed by atoms with Gasteiger partial charge in [0.05, 0.1) is 0 Å². The van der Waals surface area contributed by atoms with Crippen LogP contribution in [-0.2, 0) is 6.42 Å². The van der Waals surface area contributed by atoms with E-state index < -0.39 is 0 Å². The van der Waals surface area contributed by atoms with E-state index in [2.05, 4.69) is 29.5 Å². The Hall–Kier alpha value is -0.930. The first-order valence-electron chi connectivity index (χ1n) is 7.21. The van der Waals surface area contributed by atoms with E-state index in [0.717, 1.165) is 12.8 Å². The average Bonchev–Trinajstić information content (AvgIpc) is 2.42. The number of unbranched alkanes of at least 4 members (excludes halogenated alkanes) is 5. The van der Waals surface area contributed by atoms with Crippen molar-refractivity contribution in [2.75, 3.05) is 0 Å². The first-order chi connectivity index (χ1) is 8.86. The van der Waals surface area contributed by atoms with Crippen LogP contribution in [0.1, 0.15) is 57.4 Å². The average molecular weight is 249 g/mol. The maximum Gasteiger partial charge on any atom is 0.0270 e. The van der Waals surface area contributed by atoms with E-state index in [9.17, 15) is 0 Å². The molecule has 0 saturated heterocycles. The zero-order valence-corrected chi connectivity index (χ0v) is 11.6. The van der Waals surface area contributed by atoms with Crippen LogP contribution in [0.25, 0.3) is 0 Å². The lowest BCUT2D eigenvalue weighted by molar-refractivity contribution is 0.459. The fourth-order valence-corrected chi connectivity index (χ4v) is 2.22. The summed E-state index contributed by atoms with van der Waals surface area (Å²) >= 11 is 0. The summed E-state index contributed by atoms with van der Waals surface area (Å²) in [5.41, 5.74) is 4.24. The second kappa shape index (κ2) is 10.0. The summed E-state index contributed by atoms with van der Waals surface area (Å²) in [4.78, 5) is 4.03. The summed E-state index contributed by atoms with van der Waals surface area (Å²) in [6.45, 7) is 2.25. The normalized spacial score (nSPS) is 12.6. The van der Waals surface area contributed by atoms with Gasteiger partial charge in [0.25, 0.3) is 0 Å². The van der Waals surface area contributed by atoms with Crippen LogP contribution in [-0.4, -0.2) is 11.0 Å². The monoisotopic (exact) mass is 249 g/mol. The molecule has 0 saturated carbocycles. The lowest BCUT2D eigenvalue weighted by Gasteiger charge is -2.15. The highest BCUT2D eigenvalue weighted by molar-refractivity contribution is 5.11. The van der Waals surface area contributed by atoms with Crippen molar-refractivity contribution in [1.29, 1.82) is 0 Å². The third-order valence-corrected chi connectivity index (χ3v) is 3.37. The minimum atomic E-state index is 0.388. The first kappa shape index (κ1) is 15.1. The largest absolute Gasteiger partial charge is 0.271 e. The van der Waals surface area contributed by atoms with Crippen molar-refractivity contribution in [1.82, 2.24) is 10.4 Å². The molecular formula is C15H27N3. The molecule has 3 nitrogen and oxygen atoms in total. The molecule has 1 unspecified atom stereocenters. The molecule has 0 spiro atoms. The van der Waals surface area contributed by atoms with Crippen LogP contribution in [0.2, 0.25) is 0 Å². The molecule has 1 aromatic heterocycles. The van der Waals surface area contributed by atoms with E-state index in [4.69, 9.17) is 5.84 Å². The predicted molar refractivity (Wildman–Crippen MR) is 77.0 cm³/mol. The quantitative estimate of drug-likeness (QED) is 0.380. The van der Waals surface area contributed by atoms with Gasteiger partial charge in [-0.1, -0.05) is 45.4 Å². The topological polar surface area (TPSA) is 50.9 Å². The molecule has 0 fully saturated rings. The van der Waals surface area contributed by atoms with Gasteiger partial charge in [0.1, 0.15) is 0 Å². The second-order valence-electron chi connectivity index (χ2n) is 4.98. The van der Waals surface area contributed by atoms with Gasteiger partial charge in [-0.3, -0.25) is 16.3 Å². The molecule has 3 heteroatoms. The van der Waals surface area contributed by atoms with Crippen molar-refractivity contribution in [2.45, 2.75) is 64.3 Å². The molecule has 0 radical (unpaired) electrons. The van der Waals surface area contributed by atoms with Gasteiger partial charge in [-0.15, -0.1) is 0 Å². The minimum Gasteiger partial charge on any atom is -0.271 e. The number of rotatable bonds is 10. The van der Waals surface area contributed by atoms with Crippen molar-refractivity contribution in [3.63, 3.8) is 0 Å². The van der Waals surface area contributed by atoms with Crippen molar-refractivity contribution in [3.05, 3.63) is 30.1 Å². The molecule has 18 heavy (non-hydrogen) atoms. The minimum absolute atomic E-state index is 0.388. The number of nitrogens with one attached hydrogen (secondary N) is 1. The Bertz CT molecular complexity index is 287. The molecule has 0 amide bonds. The standard InChI is InChI=1S/C15H27N3/c1-2-3-4-5-6-7-8-15(18-16)13-14-9-11-17-12-10-14/h9-12,15,18H,2-8,13,16H2,1H3. The van der Waals surface area contributed by atoms with Crippen molar-refractivity contribution in [2.24, 2.45) is 5.84 Å². The maximum atomic E-state index is 5.62. The number of nitrogens with zero attached hydrogens (tertiary/aromatic N) is 1. The van der Waals surface area contributed by atoms with Gasteiger partial charge in [-0.2, -0.15) is 0 Å². The predicted octanol–water partition coefficient (Wildman–Crippen LogP) is 3.21. The molecule has 3 N–H and O–H groups in total. The van der Waals surface area contributed by atoms with Crippen LogP contribution in [0.5, 0.6) is 0 Å². The zero-order chi connectivity index (χ0) is 13.1. The summed E-state index contributed by atoms with van der Waals surface area (Å²) in [5.74, 6) is 5.62. The van der Waals surface area contributed by atoms with Crippen LogP contribution < -0.4 is 11.3 Å². The SMILES string of the molecule is CCCCCCCCC(Cc1ccncc1)NN. The van der Waals surface area contributed by atoms with E-state index in [1.165, 1.54) is 44.1 Å². The molecule has 0 aliphatic rings. The fraction of sp³-hybridized carbons (Fsp3) is 0.667. The van der Waals surface area contributed by atoms with E-state index in [-0.39, 0.29) is 0 Å². The number of pyridine rings is 1. The lowest BCUT2D eigenvalue weighted by atomic mass is 10.0. The van der Waals surface area contributed by atoms with Crippen molar-refractivity contribution >= 4 is 0 Å². The summed E-state index contributed by atoms with van der Waals surface area (Å²) in [7, 11) is 0. The molecule has 0 bridgehead atoms. The van der Waals surface area contributed by atoms with E-state index in [0.29, 0.717) is 6.04 Å². The fourth-order valence-electron chi connectivity index (χ4n) is 2.22. The number of hydrogen-bond donors (Lipinski definition) is 2. The lowest BCUT2D eigenvalue weighted by Crippen LogP contribution is -2.36. The summed E-state index contributed by atoms with van der Waals surface area (Å²) in [5, 5.41) is 0.